The number of likely N-dealkylation sites (N-methyl/N-ethyl adjacent to an activating group) is 1. The van der Waals surface area contributed by atoms with Crippen LogP contribution in [-0.4, -0.2) is 72.7 Å². The largest absolute Gasteiger partial charge is 0.488 e. The number of nitrogens with zero attached hydrogens (tertiary/aromatic N) is 2. The van der Waals surface area contributed by atoms with Crippen LogP contribution in [0.25, 0.3) is 0 Å². The summed E-state index contributed by atoms with van der Waals surface area (Å²) in [6.07, 6.45) is 0.290. The number of carbonyl (C=O) groups excluding carboxylic acids is 2. The summed E-state index contributed by atoms with van der Waals surface area (Å²) >= 11 is 0. The average molecular weight is 454 g/mol. The molecule has 0 fully saturated rings. The van der Waals surface area contributed by atoms with E-state index in [0.29, 0.717) is 24.5 Å². The van der Waals surface area contributed by atoms with Crippen LogP contribution in [0.5, 0.6) is 5.75 Å². The first-order valence-electron chi connectivity index (χ1n) is 11.4. The zero-order chi connectivity index (χ0) is 24.0. The lowest BCUT2D eigenvalue weighted by Gasteiger charge is -2.33. The van der Waals surface area contributed by atoms with Gasteiger partial charge < -0.3 is 25.0 Å². The van der Waals surface area contributed by atoms with E-state index in [1.165, 1.54) is 0 Å². The zero-order valence-corrected chi connectivity index (χ0v) is 20.0. The molecule has 0 radical (unpaired) electrons. The first-order chi connectivity index (χ1) is 15.8. The van der Waals surface area contributed by atoms with Gasteiger partial charge in [-0.15, -0.1) is 0 Å². The van der Waals surface area contributed by atoms with Gasteiger partial charge >= 0.3 is 0 Å². The highest BCUT2D eigenvalue weighted by Gasteiger charge is 2.30. The Morgan fingerprint density at radius 2 is 1.97 bits per heavy atom. The second-order valence-electron chi connectivity index (χ2n) is 9.18. The molecule has 2 aromatic rings. The predicted molar refractivity (Wildman–Crippen MR) is 129 cm³/mol. The molecule has 1 aliphatic heterocycles. The minimum absolute atomic E-state index is 0.0634. The van der Waals surface area contributed by atoms with Crippen molar-refractivity contribution in [2.45, 2.75) is 38.8 Å². The van der Waals surface area contributed by atoms with E-state index in [1.54, 1.807) is 4.90 Å². The number of carbonyl (C=O) groups is 2. The molecule has 3 atom stereocenters. The number of ether oxygens (including phenoxy) is 1. The standard InChI is InChI=1S/C26H35N3O4/c1-18-15-29(19(2)17-30)26(32)14-21-13-22(10-11-23(21)33-24(18)16-28(3)4)27-25(31)12-20-8-6-5-7-9-20/h5-11,13,18-19,24,30H,12,14-17H2,1-4H3,(H,27,31)/t18-,19+,24-/m0/s1. The number of aliphatic hydroxyl groups excluding tert-OH is 1. The van der Waals surface area contributed by atoms with Crippen molar-refractivity contribution in [3.8, 4) is 5.75 Å². The van der Waals surface area contributed by atoms with Crippen LogP contribution in [-0.2, 0) is 22.4 Å². The number of aliphatic hydroxyl groups is 1. The lowest BCUT2D eigenvalue weighted by molar-refractivity contribution is -0.134. The number of fused-ring (bicyclic) bond motifs is 1. The molecule has 0 aliphatic carbocycles. The van der Waals surface area contributed by atoms with Crippen molar-refractivity contribution in [3.63, 3.8) is 0 Å². The normalized spacial score (nSPS) is 19.7. The number of amides is 2. The van der Waals surface area contributed by atoms with E-state index in [2.05, 4.69) is 17.1 Å². The molecule has 2 amide bonds. The van der Waals surface area contributed by atoms with Gasteiger partial charge in [0.2, 0.25) is 11.8 Å². The Balaban J connectivity index is 1.86. The summed E-state index contributed by atoms with van der Waals surface area (Å²) in [5.41, 5.74) is 2.29. The van der Waals surface area contributed by atoms with Crippen LogP contribution >= 0.6 is 0 Å². The maximum absolute atomic E-state index is 13.2. The summed E-state index contributed by atoms with van der Waals surface area (Å²) in [6.45, 7) is 5.03. The molecule has 0 bridgehead atoms. The van der Waals surface area contributed by atoms with Crippen molar-refractivity contribution in [1.82, 2.24) is 9.80 Å². The zero-order valence-electron chi connectivity index (χ0n) is 20.0. The summed E-state index contributed by atoms with van der Waals surface area (Å²) in [5, 5.41) is 12.7. The van der Waals surface area contributed by atoms with Crippen LogP contribution in [0.15, 0.2) is 48.5 Å². The van der Waals surface area contributed by atoms with E-state index in [4.69, 9.17) is 4.74 Å². The van der Waals surface area contributed by atoms with E-state index < -0.39 is 0 Å². The summed E-state index contributed by atoms with van der Waals surface area (Å²) < 4.78 is 6.41. The van der Waals surface area contributed by atoms with Crippen molar-refractivity contribution in [1.29, 1.82) is 0 Å². The monoisotopic (exact) mass is 453 g/mol. The van der Waals surface area contributed by atoms with Gasteiger partial charge in [-0.1, -0.05) is 37.3 Å². The van der Waals surface area contributed by atoms with Crippen LogP contribution < -0.4 is 10.1 Å². The Bertz CT molecular complexity index is 948. The minimum Gasteiger partial charge on any atom is -0.488 e. The maximum atomic E-state index is 13.2. The maximum Gasteiger partial charge on any atom is 0.228 e. The van der Waals surface area contributed by atoms with E-state index >= 15 is 0 Å². The Hall–Kier alpha value is -2.90. The number of hydrogen-bond acceptors (Lipinski definition) is 5. The number of nitrogens with one attached hydrogen (secondary N) is 1. The van der Waals surface area contributed by atoms with Gasteiger partial charge in [-0.05, 0) is 44.8 Å². The lowest BCUT2D eigenvalue weighted by atomic mass is 10.0. The molecule has 1 heterocycles. The Morgan fingerprint density at radius 1 is 1.24 bits per heavy atom. The summed E-state index contributed by atoms with van der Waals surface area (Å²) in [6, 6.07) is 14.8. The molecule has 33 heavy (non-hydrogen) atoms. The fraction of sp³-hybridized carbons (Fsp3) is 0.462. The molecule has 1 aliphatic rings. The highest BCUT2D eigenvalue weighted by molar-refractivity contribution is 5.92. The molecule has 0 saturated carbocycles. The van der Waals surface area contributed by atoms with Crippen LogP contribution in [0.4, 0.5) is 5.69 Å². The fourth-order valence-corrected chi connectivity index (χ4v) is 4.07. The first-order valence-corrected chi connectivity index (χ1v) is 11.4. The van der Waals surface area contributed by atoms with Gasteiger partial charge in [0.25, 0.3) is 0 Å². The highest BCUT2D eigenvalue weighted by Crippen LogP contribution is 2.29. The smallest absolute Gasteiger partial charge is 0.228 e. The van der Waals surface area contributed by atoms with Gasteiger partial charge in [-0.3, -0.25) is 9.59 Å². The van der Waals surface area contributed by atoms with E-state index in [9.17, 15) is 14.7 Å². The van der Waals surface area contributed by atoms with Crippen LogP contribution in [0.3, 0.4) is 0 Å². The van der Waals surface area contributed by atoms with Crippen LogP contribution in [0.2, 0.25) is 0 Å². The summed E-state index contributed by atoms with van der Waals surface area (Å²) in [7, 11) is 3.99. The van der Waals surface area contributed by atoms with Crippen LogP contribution in [0, 0.1) is 5.92 Å². The minimum atomic E-state index is -0.282. The molecule has 0 saturated heterocycles. The predicted octanol–water partition coefficient (Wildman–Crippen LogP) is 2.58. The molecule has 2 N–H and O–H groups in total. The Labute approximate surface area is 196 Å². The number of rotatable bonds is 7. The molecule has 0 unspecified atom stereocenters. The third-order valence-corrected chi connectivity index (χ3v) is 5.95. The molecular weight excluding hydrogens is 418 g/mol. The van der Waals surface area contributed by atoms with Gasteiger partial charge in [-0.2, -0.15) is 0 Å². The third kappa shape index (κ3) is 6.79. The molecule has 7 nitrogen and oxygen atoms in total. The quantitative estimate of drug-likeness (QED) is 0.674. The fourth-order valence-electron chi connectivity index (χ4n) is 4.07. The highest BCUT2D eigenvalue weighted by atomic mass is 16.5. The molecule has 3 rings (SSSR count). The third-order valence-electron chi connectivity index (χ3n) is 5.95. The SMILES string of the molecule is C[C@H](CO)N1C[C@H](C)[C@H](CN(C)C)Oc2ccc(NC(=O)Cc3ccccc3)cc2CC1=O. The van der Waals surface area contributed by atoms with Crippen molar-refractivity contribution < 1.29 is 19.4 Å². The molecular formula is C26H35N3O4. The lowest BCUT2D eigenvalue weighted by Crippen LogP contribution is -2.47. The van der Waals surface area contributed by atoms with Crippen LogP contribution in [0.1, 0.15) is 25.0 Å². The van der Waals surface area contributed by atoms with E-state index in [-0.39, 0.29) is 49.3 Å². The van der Waals surface area contributed by atoms with E-state index in [1.807, 2.05) is 69.6 Å². The topological polar surface area (TPSA) is 82.1 Å². The molecule has 2 aromatic carbocycles. The second-order valence-corrected chi connectivity index (χ2v) is 9.18. The van der Waals surface area contributed by atoms with Gasteiger partial charge in [0.15, 0.2) is 0 Å². The van der Waals surface area contributed by atoms with Crippen molar-refractivity contribution in [2.24, 2.45) is 5.92 Å². The average Bonchev–Trinajstić information content (AvgIpc) is 2.82. The van der Waals surface area contributed by atoms with E-state index in [0.717, 1.165) is 11.1 Å². The summed E-state index contributed by atoms with van der Waals surface area (Å²) in [5.74, 6) is 0.542. The van der Waals surface area contributed by atoms with Gasteiger partial charge in [0, 0.05) is 30.3 Å². The number of benzene rings is 2. The van der Waals surface area contributed by atoms with Gasteiger partial charge in [0.05, 0.1) is 25.5 Å². The molecule has 0 spiro atoms. The second kappa shape index (κ2) is 11.3. The Morgan fingerprint density at radius 3 is 2.64 bits per heavy atom. The number of hydrogen-bond donors (Lipinski definition) is 2. The molecule has 0 aromatic heterocycles. The molecule has 178 valence electrons. The number of anilines is 1. The van der Waals surface area contributed by atoms with Crippen molar-refractivity contribution in [3.05, 3.63) is 59.7 Å². The van der Waals surface area contributed by atoms with Crippen molar-refractivity contribution in [2.75, 3.05) is 39.1 Å². The van der Waals surface area contributed by atoms with Gasteiger partial charge in [-0.25, -0.2) is 0 Å². The van der Waals surface area contributed by atoms with Gasteiger partial charge in [0.1, 0.15) is 11.9 Å². The Kier molecular flexibility index (Phi) is 8.47. The summed E-state index contributed by atoms with van der Waals surface area (Å²) in [4.78, 5) is 29.5. The van der Waals surface area contributed by atoms with Crippen molar-refractivity contribution >= 4 is 17.5 Å². The first kappa shape index (κ1) is 24.7. The molecule has 7 heteroatoms.